The van der Waals surface area contributed by atoms with E-state index in [0.29, 0.717) is 22.3 Å². The number of urea groups is 1. The zero-order valence-corrected chi connectivity index (χ0v) is 14.6. The number of imide groups is 1. The molecular formula is C17H17Cl2N3O2. The molecule has 2 rings (SSSR count). The van der Waals surface area contributed by atoms with E-state index in [-0.39, 0.29) is 6.54 Å². The molecule has 24 heavy (non-hydrogen) atoms. The average Bonchev–Trinajstić information content (AvgIpc) is 2.52. The first-order valence-electron chi connectivity index (χ1n) is 7.23. The maximum atomic E-state index is 11.9. The molecule has 0 radical (unpaired) electrons. The summed E-state index contributed by atoms with van der Waals surface area (Å²) in [4.78, 5) is 25.4. The van der Waals surface area contributed by atoms with Crippen LogP contribution in [-0.4, -0.2) is 30.4 Å². The van der Waals surface area contributed by atoms with E-state index in [9.17, 15) is 9.59 Å². The molecule has 0 heterocycles. The Hall–Kier alpha value is -2.08. The number of likely N-dealkylation sites (N-methyl/N-ethyl adjacent to an activating group) is 1. The molecule has 0 bridgehead atoms. The lowest BCUT2D eigenvalue weighted by Gasteiger charge is -2.17. The Labute approximate surface area is 150 Å². The lowest BCUT2D eigenvalue weighted by atomic mass is 10.2. The van der Waals surface area contributed by atoms with Crippen molar-refractivity contribution in [3.05, 3.63) is 64.1 Å². The van der Waals surface area contributed by atoms with Crippen LogP contribution in [0.2, 0.25) is 10.0 Å². The Bertz CT molecular complexity index is 723. The number of para-hydroxylation sites is 1. The second-order valence-corrected chi connectivity index (χ2v) is 6.04. The standard InChI is InChI=1S/C17H17Cl2N3O2/c1-22(10-12-6-5-9-14(18)16(12)19)11-15(23)21-17(24)20-13-7-3-2-4-8-13/h2-9H,10-11H2,1H3,(H2,20,21,23,24). The fourth-order valence-corrected chi connectivity index (χ4v) is 2.49. The van der Waals surface area contributed by atoms with Crippen LogP contribution < -0.4 is 10.6 Å². The minimum atomic E-state index is -0.569. The smallest absolute Gasteiger partial charge is 0.308 e. The molecule has 0 saturated heterocycles. The molecule has 7 heteroatoms. The number of nitrogens with zero attached hydrogens (tertiary/aromatic N) is 1. The minimum absolute atomic E-state index is 0.0467. The normalized spacial score (nSPS) is 10.5. The fraction of sp³-hybridized carbons (Fsp3) is 0.176. The third-order valence-electron chi connectivity index (χ3n) is 3.17. The number of halogens is 2. The van der Waals surface area contributed by atoms with Gasteiger partial charge in [0.05, 0.1) is 16.6 Å². The van der Waals surface area contributed by atoms with Gasteiger partial charge in [-0.2, -0.15) is 0 Å². The number of hydrogen-bond acceptors (Lipinski definition) is 3. The van der Waals surface area contributed by atoms with E-state index in [0.717, 1.165) is 5.56 Å². The molecule has 0 unspecified atom stereocenters. The first kappa shape index (κ1) is 18.3. The number of anilines is 1. The number of amides is 3. The molecule has 0 atom stereocenters. The Morgan fingerprint density at radius 1 is 1.04 bits per heavy atom. The summed E-state index contributed by atoms with van der Waals surface area (Å²) in [5.74, 6) is -0.413. The summed E-state index contributed by atoms with van der Waals surface area (Å²) in [6, 6.07) is 13.7. The third kappa shape index (κ3) is 5.53. The van der Waals surface area contributed by atoms with Crippen LogP contribution in [0.25, 0.3) is 0 Å². The predicted molar refractivity (Wildman–Crippen MR) is 96.4 cm³/mol. The molecule has 2 aromatic rings. The van der Waals surface area contributed by atoms with Gasteiger partial charge in [-0.3, -0.25) is 15.0 Å². The Morgan fingerprint density at radius 2 is 1.75 bits per heavy atom. The highest BCUT2D eigenvalue weighted by Gasteiger charge is 2.13. The molecule has 0 aliphatic rings. The molecule has 0 aliphatic heterocycles. The monoisotopic (exact) mass is 365 g/mol. The molecule has 5 nitrogen and oxygen atoms in total. The number of rotatable bonds is 5. The molecule has 0 spiro atoms. The van der Waals surface area contributed by atoms with Crippen LogP contribution in [0.5, 0.6) is 0 Å². The maximum Gasteiger partial charge on any atom is 0.325 e. The second kappa shape index (κ2) is 8.68. The maximum absolute atomic E-state index is 11.9. The van der Waals surface area contributed by atoms with Gasteiger partial charge in [0.2, 0.25) is 5.91 Å². The van der Waals surface area contributed by atoms with E-state index in [1.807, 2.05) is 12.1 Å². The van der Waals surface area contributed by atoms with Crippen molar-refractivity contribution in [1.82, 2.24) is 10.2 Å². The minimum Gasteiger partial charge on any atom is -0.308 e. The largest absolute Gasteiger partial charge is 0.325 e. The molecule has 2 N–H and O–H groups in total. The van der Waals surface area contributed by atoms with Crippen LogP contribution in [0.15, 0.2) is 48.5 Å². The topological polar surface area (TPSA) is 61.4 Å². The summed E-state index contributed by atoms with van der Waals surface area (Å²) in [5, 5.41) is 5.80. The number of benzene rings is 2. The zero-order valence-electron chi connectivity index (χ0n) is 13.1. The summed E-state index contributed by atoms with van der Waals surface area (Å²) in [5.41, 5.74) is 1.43. The lowest BCUT2D eigenvalue weighted by Crippen LogP contribution is -2.40. The number of carbonyl (C=O) groups is 2. The number of carbonyl (C=O) groups excluding carboxylic acids is 2. The molecule has 0 saturated carbocycles. The highest BCUT2D eigenvalue weighted by atomic mass is 35.5. The Balaban J connectivity index is 1.83. The Kier molecular flexibility index (Phi) is 6.61. The van der Waals surface area contributed by atoms with Gasteiger partial charge < -0.3 is 5.32 Å². The van der Waals surface area contributed by atoms with E-state index in [1.54, 1.807) is 48.3 Å². The van der Waals surface area contributed by atoms with Gasteiger partial charge in [-0.1, -0.05) is 53.5 Å². The predicted octanol–water partition coefficient (Wildman–Crippen LogP) is 3.77. The first-order chi connectivity index (χ1) is 11.5. The van der Waals surface area contributed by atoms with Crippen molar-refractivity contribution >= 4 is 40.8 Å². The molecular weight excluding hydrogens is 349 g/mol. The highest BCUT2D eigenvalue weighted by molar-refractivity contribution is 6.42. The summed E-state index contributed by atoms with van der Waals surface area (Å²) in [6.07, 6.45) is 0. The molecule has 2 aromatic carbocycles. The molecule has 0 aromatic heterocycles. The van der Waals surface area contributed by atoms with Crippen LogP contribution in [0.3, 0.4) is 0 Å². The van der Waals surface area contributed by atoms with Crippen molar-refractivity contribution in [2.24, 2.45) is 0 Å². The molecule has 126 valence electrons. The van der Waals surface area contributed by atoms with Gasteiger partial charge in [0, 0.05) is 12.2 Å². The molecule has 0 aliphatic carbocycles. The molecule has 3 amide bonds. The van der Waals surface area contributed by atoms with Crippen LogP contribution in [0.4, 0.5) is 10.5 Å². The first-order valence-corrected chi connectivity index (χ1v) is 7.98. The fourth-order valence-electron chi connectivity index (χ4n) is 2.11. The number of nitrogens with one attached hydrogen (secondary N) is 2. The SMILES string of the molecule is CN(CC(=O)NC(=O)Nc1ccccc1)Cc1cccc(Cl)c1Cl. The van der Waals surface area contributed by atoms with Crippen LogP contribution in [0, 0.1) is 0 Å². The Morgan fingerprint density at radius 3 is 2.46 bits per heavy atom. The highest BCUT2D eigenvalue weighted by Crippen LogP contribution is 2.26. The van der Waals surface area contributed by atoms with E-state index < -0.39 is 11.9 Å². The van der Waals surface area contributed by atoms with Gasteiger partial charge in [-0.05, 0) is 30.8 Å². The lowest BCUT2D eigenvalue weighted by molar-refractivity contribution is -0.120. The van der Waals surface area contributed by atoms with Gasteiger partial charge >= 0.3 is 6.03 Å². The summed E-state index contributed by atoms with van der Waals surface area (Å²) in [6.45, 7) is 0.484. The molecule has 0 fully saturated rings. The third-order valence-corrected chi connectivity index (χ3v) is 4.03. The van der Waals surface area contributed by atoms with Gasteiger partial charge in [-0.15, -0.1) is 0 Å². The van der Waals surface area contributed by atoms with Gasteiger partial charge in [0.1, 0.15) is 0 Å². The van der Waals surface area contributed by atoms with Gasteiger partial charge in [0.15, 0.2) is 0 Å². The zero-order chi connectivity index (χ0) is 17.5. The number of hydrogen-bond donors (Lipinski definition) is 2. The van der Waals surface area contributed by atoms with Crippen molar-refractivity contribution in [1.29, 1.82) is 0 Å². The summed E-state index contributed by atoms with van der Waals surface area (Å²) in [7, 11) is 1.76. The van der Waals surface area contributed by atoms with Gasteiger partial charge in [0.25, 0.3) is 0 Å². The van der Waals surface area contributed by atoms with Crippen LogP contribution in [0.1, 0.15) is 5.56 Å². The van der Waals surface area contributed by atoms with E-state index in [4.69, 9.17) is 23.2 Å². The van der Waals surface area contributed by atoms with E-state index in [2.05, 4.69) is 10.6 Å². The quantitative estimate of drug-likeness (QED) is 0.847. The van der Waals surface area contributed by atoms with Crippen molar-refractivity contribution in [3.63, 3.8) is 0 Å². The van der Waals surface area contributed by atoms with Crippen molar-refractivity contribution < 1.29 is 9.59 Å². The van der Waals surface area contributed by atoms with E-state index in [1.165, 1.54) is 0 Å². The average molecular weight is 366 g/mol. The summed E-state index contributed by atoms with van der Waals surface area (Å²) < 4.78 is 0. The van der Waals surface area contributed by atoms with Gasteiger partial charge in [-0.25, -0.2) is 4.79 Å². The van der Waals surface area contributed by atoms with Crippen LogP contribution in [-0.2, 0) is 11.3 Å². The van der Waals surface area contributed by atoms with Crippen LogP contribution >= 0.6 is 23.2 Å². The van der Waals surface area contributed by atoms with E-state index >= 15 is 0 Å². The summed E-state index contributed by atoms with van der Waals surface area (Å²) >= 11 is 12.1. The second-order valence-electron chi connectivity index (χ2n) is 5.25. The van der Waals surface area contributed by atoms with Crippen molar-refractivity contribution in [3.8, 4) is 0 Å². The van der Waals surface area contributed by atoms with Crippen molar-refractivity contribution in [2.45, 2.75) is 6.54 Å². The van der Waals surface area contributed by atoms with Crippen molar-refractivity contribution in [2.75, 3.05) is 18.9 Å².